The van der Waals surface area contributed by atoms with E-state index in [-0.39, 0.29) is 21.9 Å². The number of nitrogens with two attached hydrogens (primary N) is 1. The summed E-state index contributed by atoms with van der Waals surface area (Å²) < 4.78 is 0. The molecule has 0 heterocycles. The van der Waals surface area contributed by atoms with E-state index < -0.39 is 10.8 Å². The van der Waals surface area contributed by atoms with E-state index in [1.807, 2.05) is 0 Å². The van der Waals surface area contributed by atoms with Gasteiger partial charge in [0.1, 0.15) is 10.6 Å². The van der Waals surface area contributed by atoms with E-state index in [9.17, 15) is 20.0 Å². The van der Waals surface area contributed by atoms with E-state index in [4.69, 9.17) is 5.73 Å². The number of benzene rings is 2. The van der Waals surface area contributed by atoms with E-state index in [1.165, 1.54) is 24.3 Å². The van der Waals surface area contributed by atoms with Gasteiger partial charge < -0.3 is 10.8 Å². The molecule has 2 rings (SSSR count). The van der Waals surface area contributed by atoms with Gasteiger partial charge in [0, 0.05) is 6.07 Å². The van der Waals surface area contributed by atoms with E-state index in [1.54, 1.807) is 18.2 Å². The molecule has 0 unspecified atom stereocenters. The Balaban J connectivity index is 2.57. The van der Waals surface area contributed by atoms with Crippen molar-refractivity contribution in [1.82, 2.24) is 0 Å². The summed E-state index contributed by atoms with van der Waals surface area (Å²) in [4.78, 5) is 22.4. The van der Waals surface area contributed by atoms with E-state index in [0.717, 1.165) is 11.8 Å². The molecule has 3 N–H and O–H groups in total. The molecule has 0 aromatic heterocycles. The van der Waals surface area contributed by atoms with Crippen LogP contribution in [0.4, 0.5) is 5.69 Å². The lowest BCUT2D eigenvalue weighted by Gasteiger charge is -2.08. The molecule has 1 amide bonds. The van der Waals surface area contributed by atoms with Crippen LogP contribution in [0.2, 0.25) is 0 Å². The van der Waals surface area contributed by atoms with Gasteiger partial charge in [0.2, 0.25) is 5.91 Å². The van der Waals surface area contributed by atoms with Crippen LogP contribution < -0.4 is 5.73 Å². The van der Waals surface area contributed by atoms with Crippen LogP contribution in [0.15, 0.2) is 52.3 Å². The number of hydrogen-bond acceptors (Lipinski definition) is 5. The standard InChI is InChI=1S/C13H10N2O4S/c14-13(17)8-4-3-5-9(15(18)19)12(8)20-11-7-2-1-6-10(11)16/h1-7,16H,(H2,14,17). The van der Waals surface area contributed by atoms with Crippen LogP contribution in [0.5, 0.6) is 5.75 Å². The van der Waals surface area contributed by atoms with E-state index in [0.29, 0.717) is 4.90 Å². The predicted octanol–water partition coefficient (Wildman–Crippen LogP) is 2.55. The first-order valence-electron chi connectivity index (χ1n) is 5.53. The first-order valence-corrected chi connectivity index (χ1v) is 6.35. The van der Waals surface area contributed by atoms with Crippen LogP contribution in [0.3, 0.4) is 0 Å². The first kappa shape index (κ1) is 13.9. The second kappa shape index (κ2) is 5.62. The average Bonchev–Trinajstić information content (AvgIpc) is 2.41. The van der Waals surface area contributed by atoms with Gasteiger partial charge in [-0.15, -0.1) is 0 Å². The molecule has 102 valence electrons. The van der Waals surface area contributed by atoms with E-state index in [2.05, 4.69) is 0 Å². The summed E-state index contributed by atoms with van der Waals surface area (Å²) in [7, 11) is 0. The second-order valence-corrected chi connectivity index (χ2v) is 4.90. The third-order valence-corrected chi connectivity index (χ3v) is 3.73. The van der Waals surface area contributed by atoms with Crippen molar-refractivity contribution < 1.29 is 14.8 Å². The van der Waals surface area contributed by atoms with Gasteiger partial charge >= 0.3 is 0 Å². The molecule has 0 saturated heterocycles. The Labute approximate surface area is 118 Å². The van der Waals surface area contributed by atoms with Crippen molar-refractivity contribution in [3.05, 3.63) is 58.1 Å². The van der Waals surface area contributed by atoms with Gasteiger partial charge in [-0.05, 0) is 18.2 Å². The fourth-order valence-electron chi connectivity index (χ4n) is 1.62. The maximum absolute atomic E-state index is 11.4. The zero-order valence-corrected chi connectivity index (χ0v) is 11.0. The van der Waals surface area contributed by atoms with E-state index >= 15 is 0 Å². The number of aromatic hydroxyl groups is 1. The van der Waals surface area contributed by atoms with Crippen molar-refractivity contribution in [2.75, 3.05) is 0 Å². The Kier molecular flexibility index (Phi) is 3.90. The number of para-hydroxylation sites is 1. The lowest BCUT2D eigenvalue weighted by molar-refractivity contribution is -0.387. The van der Waals surface area contributed by atoms with Crippen molar-refractivity contribution in [3.8, 4) is 5.75 Å². The van der Waals surface area contributed by atoms with Gasteiger partial charge in [0.25, 0.3) is 5.69 Å². The number of rotatable bonds is 4. The predicted molar refractivity (Wildman–Crippen MR) is 73.8 cm³/mol. The molecule has 0 fully saturated rings. The fourth-order valence-corrected chi connectivity index (χ4v) is 2.69. The molecule has 0 saturated carbocycles. The Morgan fingerprint density at radius 3 is 2.50 bits per heavy atom. The molecule has 20 heavy (non-hydrogen) atoms. The molecule has 0 bridgehead atoms. The molecule has 0 aliphatic rings. The van der Waals surface area contributed by atoms with Gasteiger partial charge in [-0.1, -0.05) is 30.0 Å². The van der Waals surface area contributed by atoms with Crippen LogP contribution in [-0.4, -0.2) is 15.9 Å². The molecular weight excluding hydrogens is 280 g/mol. The summed E-state index contributed by atoms with van der Waals surface area (Å²) in [5, 5.41) is 20.8. The maximum Gasteiger partial charge on any atom is 0.284 e. The Bertz CT molecular complexity index is 656. The van der Waals surface area contributed by atoms with Crippen molar-refractivity contribution >= 4 is 23.4 Å². The molecule has 0 atom stereocenters. The molecule has 0 aliphatic heterocycles. The quantitative estimate of drug-likeness (QED) is 0.664. The van der Waals surface area contributed by atoms with Crippen LogP contribution in [0.25, 0.3) is 0 Å². The summed E-state index contributed by atoms with van der Waals surface area (Å²) in [5.74, 6) is -0.780. The Hall–Kier alpha value is -2.54. The molecule has 7 heteroatoms. The number of phenolic OH excluding ortho intramolecular Hbond substituents is 1. The van der Waals surface area contributed by atoms with Gasteiger partial charge in [-0.2, -0.15) is 0 Å². The summed E-state index contributed by atoms with van der Waals surface area (Å²) in [6.45, 7) is 0. The second-order valence-electron chi connectivity index (χ2n) is 3.84. The number of carbonyl (C=O) groups excluding carboxylic acids is 1. The van der Waals surface area contributed by atoms with Gasteiger partial charge in [0.15, 0.2) is 0 Å². The van der Waals surface area contributed by atoms with Gasteiger partial charge in [0.05, 0.1) is 15.4 Å². The molecule has 6 nitrogen and oxygen atoms in total. The summed E-state index contributed by atoms with van der Waals surface area (Å²) in [6.07, 6.45) is 0. The molecule has 0 radical (unpaired) electrons. The van der Waals surface area contributed by atoms with Crippen LogP contribution in [0.1, 0.15) is 10.4 Å². The zero-order chi connectivity index (χ0) is 14.7. The third-order valence-electron chi connectivity index (χ3n) is 2.53. The maximum atomic E-state index is 11.4. The minimum absolute atomic E-state index is 0.0222. The monoisotopic (exact) mass is 290 g/mol. The lowest BCUT2D eigenvalue weighted by atomic mass is 10.2. The number of carbonyl (C=O) groups is 1. The first-order chi connectivity index (χ1) is 9.50. The summed E-state index contributed by atoms with van der Waals surface area (Å²) >= 11 is 0.932. The van der Waals surface area contributed by atoms with Crippen LogP contribution in [-0.2, 0) is 0 Å². The highest BCUT2D eigenvalue weighted by Crippen LogP contribution is 2.40. The van der Waals surface area contributed by atoms with Crippen molar-refractivity contribution in [1.29, 1.82) is 0 Å². The number of phenols is 1. The minimum Gasteiger partial charge on any atom is -0.507 e. The highest BCUT2D eigenvalue weighted by atomic mass is 32.2. The number of nitro groups is 1. The van der Waals surface area contributed by atoms with Crippen LogP contribution in [0, 0.1) is 10.1 Å². The topological polar surface area (TPSA) is 106 Å². The summed E-state index contributed by atoms with van der Waals surface area (Å²) in [6, 6.07) is 10.5. The number of amides is 1. The molecule has 0 spiro atoms. The Morgan fingerprint density at radius 2 is 1.90 bits per heavy atom. The molecule has 0 aliphatic carbocycles. The highest BCUT2D eigenvalue weighted by molar-refractivity contribution is 7.99. The molecule has 2 aromatic rings. The van der Waals surface area contributed by atoms with Gasteiger partial charge in [-0.3, -0.25) is 14.9 Å². The molecular formula is C13H10N2O4S. The van der Waals surface area contributed by atoms with Crippen molar-refractivity contribution in [2.45, 2.75) is 9.79 Å². The lowest BCUT2D eigenvalue weighted by Crippen LogP contribution is -2.13. The van der Waals surface area contributed by atoms with Crippen LogP contribution >= 0.6 is 11.8 Å². The SMILES string of the molecule is NC(=O)c1cccc([N+](=O)[O-])c1Sc1ccccc1O. The number of primary amides is 1. The average molecular weight is 290 g/mol. The normalized spacial score (nSPS) is 10.2. The third kappa shape index (κ3) is 2.72. The smallest absolute Gasteiger partial charge is 0.284 e. The van der Waals surface area contributed by atoms with Crippen molar-refractivity contribution in [3.63, 3.8) is 0 Å². The largest absolute Gasteiger partial charge is 0.507 e. The number of nitro benzene ring substituents is 1. The van der Waals surface area contributed by atoms with Crippen molar-refractivity contribution in [2.24, 2.45) is 5.73 Å². The highest BCUT2D eigenvalue weighted by Gasteiger charge is 2.22. The molecule has 2 aromatic carbocycles. The fraction of sp³-hybridized carbons (Fsp3) is 0. The zero-order valence-electron chi connectivity index (χ0n) is 10.1. The number of nitrogens with zero attached hydrogens (tertiary/aromatic N) is 1. The Morgan fingerprint density at radius 1 is 1.20 bits per heavy atom. The summed E-state index contributed by atoms with van der Waals surface area (Å²) in [5.41, 5.74) is 5.06. The van der Waals surface area contributed by atoms with Gasteiger partial charge in [-0.25, -0.2) is 0 Å². The minimum atomic E-state index is -0.758. The number of hydrogen-bond donors (Lipinski definition) is 2.